The van der Waals surface area contributed by atoms with E-state index in [4.69, 9.17) is 0 Å². The van der Waals surface area contributed by atoms with Crippen molar-refractivity contribution in [3.05, 3.63) is 29.8 Å². The summed E-state index contributed by atoms with van der Waals surface area (Å²) >= 11 is 0. The van der Waals surface area contributed by atoms with Crippen molar-refractivity contribution in [2.24, 2.45) is 5.41 Å². The Morgan fingerprint density at radius 2 is 2.00 bits per heavy atom. The minimum atomic E-state index is -3.37. The van der Waals surface area contributed by atoms with Crippen LogP contribution in [0.3, 0.4) is 0 Å². The molecule has 5 heteroatoms. The van der Waals surface area contributed by atoms with Gasteiger partial charge < -0.3 is 5.11 Å². The summed E-state index contributed by atoms with van der Waals surface area (Å²) in [5.74, 6) is -0.0369. The molecule has 1 aromatic carbocycles. The van der Waals surface area contributed by atoms with E-state index in [0.717, 1.165) is 17.7 Å². The van der Waals surface area contributed by atoms with E-state index in [2.05, 4.69) is 0 Å². The Hall–Kier alpha value is -1.07. The van der Waals surface area contributed by atoms with Gasteiger partial charge in [-0.1, -0.05) is 32.0 Å². The summed E-state index contributed by atoms with van der Waals surface area (Å²) in [7, 11) is -3.37. The highest BCUT2D eigenvalue weighted by atomic mass is 32.2. The lowest BCUT2D eigenvalue weighted by molar-refractivity contribution is 0.178. The van der Waals surface area contributed by atoms with Crippen LogP contribution in [0, 0.1) is 5.41 Å². The van der Waals surface area contributed by atoms with Crippen LogP contribution in [-0.2, 0) is 16.4 Å². The molecule has 0 aromatic heterocycles. The van der Waals surface area contributed by atoms with Crippen LogP contribution in [0.4, 0.5) is 5.69 Å². The van der Waals surface area contributed by atoms with Gasteiger partial charge in [-0.05, 0) is 18.1 Å². The molecule has 4 nitrogen and oxygen atoms in total. The zero-order valence-corrected chi connectivity index (χ0v) is 11.6. The van der Waals surface area contributed by atoms with Gasteiger partial charge in [0.25, 0.3) is 0 Å². The van der Waals surface area contributed by atoms with Crippen LogP contribution in [0.5, 0.6) is 0 Å². The summed E-state index contributed by atoms with van der Waals surface area (Å²) in [5.41, 5.74) is 1.24. The van der Waals surface area contributed by atoms with E-state index in [9.17, 15) is 13.5 Å². The molecule has 0 atom stereocenters. The second-order valence-corrected chi connectivity index (χ2v) is 7.42. The average molecular weight is 269 g/mol. The highest BCUT2D eigenvalue weighted by molar-refractivity contribution is 7.92. The third kappa shape index (κ3) is 2.52. The molecule has 18 heavy (non-hydrogen) atoms. The van der Waals surface area contributed by atoms with Crippen molar-refractivity contribution < 1.29 is 13.5 Å². The van der Waals surface area contributed by atoms with Crippen molar-refractivity contribution >= 4 is 15.7 Å². The smallest absolute Gasteiger partial charge is 0.235 e. The molecule has 0 amide bonds. The highest BCUT2D eigenvalue weighted by Crippen LogP contribution is 2.31. The van der Waals surface area contributed by atoms with Gasteiger partial charge in [-0.2, -0.15) is 0 Å². The van der Waals surface area contributed by atoms with Crippen LogP contribution in [0.15, 0.2) is 24.3 Å². The number of aliphatic hydroxyl groups excluding tert-OH is 1. The molecule has 0 radical (unpaired) electrons. The zero-order valence-electron chi connectivity index (χ0n) is 10.8. The van der Waals surface area contributed by atoms with Crippen LogP contribution in [-0.4, -0.2) is 32.4 Å². The molecule has 0 bridgehead atoms. The molecule has 0 aliphatic carbocycles. The van der Waals surface area contributed by atoms with Gasteiger partial charge in [-0.3, -0.25) is 4.31 Å². The van der Waals surface area contributed by atoms with Gasteiger partial charge >= 0.3 is 0 Å². The number of para-hydroxylation sites is 1. The molecule has 0 unspecified atom stereocenters. The first-order valence-electron chi connectivity index (χ1n) is 6.05. The van der Waals surface area contributed by atoms with Crippen LogP contribution in [0.1, 0.15) is 19.4 Å². The lowest BCUT2D eigenvalue weighted by atomic mass is 9.98. The van der Waals surface area contributed by atoms with Crippen molar-refractivity contribution in [1.29, 1.82) is 0 Å². The standard InChI is InChI=1S/C13H19NO3S/c1-13(2,9-15)10-18(16,17)14-8-7-11-5-3-4-6-12(11)14/h3-6,15H,7-10H2,1-2H3. The molecular weight excluding hydrogens is 250 g/mol. The van der Waals surface area contributed by atoms with Crippen LogP contribution >= 0.6 is 0 Å². The third-order valence-electron chi connectivity index (χ3n) is 3.18. The van der Waals surface area contributed by atoms with Crippen molar-refractivity contribution in [2.75, 3.05) is 23.2 Å². The quantitative estimate of drug-likeness (QED) is 0.899. The summed E-state index contributed by atoms with van der Waals surface area (Å²) in [6.45, 7) is 3.88. The minimum absolute atomic E-state index is 0.0369. The Morgan fingerprint density at radius 3 is 2.67 bits per heavy atom. The Bertz CT molecular complexity index is 537. The van der Waals surface area contributed by atoms with Crippen LogP contribution in [0.25, 0.3) is 0 Å². The average Bonchev–Trinajstić information content (AvgIpc) is 2.72. The van der Waals surface area contributed by atoms with Crippen molar-refractivity contribution in [3.8, 4) is 0 Å². The Morgan fingerprint density at radius 1 is 1.33 bits per heavy atom. The fraction of sp³-hybridized carbons (Fsp3) is 0.538. The molecule has 0 fully saturated rings. The van der Waals surface area contributed by atoms with E-state index in [1.165, 1.54) is 4.31 Å². The molecule has 0 spiro atoms. The van der Waals surface area contributed by atoms with E-state index in [1.54, 1.807) is 13.8 Å². The number of hydrogen-bond donors (Lipinski definition) is 1. The summed E-state index contributed by atoms with van der Waals surface area (Å²) < 4.78 is 26.2. The van der Waals surface area contributed by atoms with Gasteiger partial charge in [-0.25, -0.2) is 8.42 Å². The van der Waals surface area contributed by atoms with Crippen molar-refractivity contribution in [1.82, 2.24) is 0 Å². The van der Waals surface area contributed by atoms with E-state index in [1.807, 2.05) is 24.3 Å². The molecular formula is C13H19NO3S. The number of fused-ring (bicyclic) bond motifs is 1. The normalized spacial score (nSPS) is 15.8. The van der Waals surface area contributed by atoms with Gasteiger partial charge in [0, 0.05) is 18.6 Å². The molecule has 1 aliphatic rings. The highest BCUT2D eigenvalue weighted by Gasteiger charge is 2.33. The van der Waals surface area contributed by atoms with Gasteiger partial charge in [0.2, 0.25) is 10.0 Å². The first-order valence-corrected chi connectivity index (χ1v) is 7.66. The molecule has 1 heterocycles. The molecule has 1 aliphatic heterocycles. The fourth-order valence-electron chi connectivity index (χ4n) is 2.21. The fourth-order valence-corrected chi connectivity index (χ4v) is 4.30. The molecule has 1 N–H and O–H groups in total. The maximum Gasteiger partial charge on any atom is 0.235 e. The van der Waals surface area contributed by atoms with Crippen LogP contribution < -0.4 is 4.31 Å². The second kappa shape index (κ2) is 4.55. The SMILES string of the molecule is CC(C)(CO)CS(=O)(=O)N1CCc2ccccc21. The molecule has 2 rings (SSSR count). The molecule has 0 saturated heterocycles. The maximum absolute atomic E-state index is 12.4. The number of sulfonamides is 1. The Balaban J connectivity index is 2.28. The third-order valence-corrected chi connectivity index (χ3v) is 5.38. The monoisotopic (exact) mass is 269 g/mol. The predicted molar refractivity (Wildman–Crippen MR) is 72.1 cm³/mol. The van der Waals surface area contributed by atoms with Gasteiger partial charge in [-0.15, -0.1) is 0 Å². The van der Waals surface area contributed by atoms with Crippen molar-refractivity contribution in [3.63, 3.8) is 0 Å². The summed E-state index contributed by atoms with van der Waals surface area (Å²) in [6.07, 6.45) is 0.759. The summed E-state index contributed by atoms with van der Waals surface area (Å²) in [6, 6.07) is 7.57. The van der Waals surface area contributed by atoms with E-state index < -0.39 is 15.4 Å². The van der Waals surface area contributed by atoms with Crippen molar-refractivity contribution in [2.45, 2.75) is 20.3 Å². The molecule has 0 saturated carbocycles. The molecule has 100 valence electrons. The van der Waals surface area contributed by atoms with E-state index >= 15 is 0 Å². The van der Waals surface area contributed by atoms with Crippen LogP contribution in [0.2, 0.25) is 0 Å². The number of aliphatic hydroxyl groups is 1. The Kier molecular flexibility index (Phi) is 3.38. The minimum Gasteiger partial charge on any atom is -0.396 e. The lowest BCUT2D eigenvalue weighted by Crippen LogP contribution is -2.38. The van der Waals surface area contributed by atoms with Gasteiger partial charge in [0.1, 0.15) is 0 Å². The predicted octanol–water partition coefficient (Wildman–Crippen LogP) is 1.40. The first kappa shape index (κ1) is 13.4. The van der Waals surface area contributed by atoms with Gasteiger partial charge in [0.05, 0.1) is 11.4 Å². The van der Waals surface area contributed by atoms with E-state index in [-0.39, 0.29) is 12.4 Å². The number of nitrogens with zero attached hydrogens (tertiary/aromatic N) is 1. The van der Waals surface area contributed by atoms with Gasteiger partial charge in [0.15, 0.2) is 0 Å². The van der Waals surface area contributed by atoms with E-state index in [0.29, 0.717) is 6.54 Å². The number of anilines is 1. The summed E-state index contributed by atoms with van der Waals surface area (Å²) in [4.78, 5) is 0. The summed E-state index contributed by atoms with van der Waals surface area (Å²) in [5, 5.41) is 9.21. The molecule has 1 aromatic rings. The largest absolute Gasteiger partial charge is 0.396 e. The Labute approximate surface area is 108 Å². The topological polar surface area (TPSA) is 57.6 Å². The number of benzene rings is 1. The zero-order chi connectivity index (χ0) is 13.4. The lowest BCUT2D eigenvalue weighted by Gasteiger charge is -2.26. The maximum atomic E-state index is 12.4. The first-order chi connectivity index (χ1) is 8.36. The second-order valence-electron chi connectivity index (χ2n) is 5.53. The number of hydrogen-bond acceptors (Lipinski definition) is 3. The number of rotatable bonds is 4.